The van der Waals surface area contributed by atoms with Gasteiger partial charge in [0.1, 0.15) is 10.9 Å². The number of hydrogen-bond donors (Lipinski definition) is 1. The molecule has 3 rings (SSSR count). The van der Waals surface area contributed by atoms with Crippen LogP contribution in [-0.2, 0) is 10.2 Å². The van der Waals surface area contributed by atoms with Crippen LogP contribution >= 0.6 is 0 Å². The first-order chi connectivity index (χ1) is 9.72. The average Bonchev–Trinajstić information content (AvgIpc) is 2.82. The van der Waals surface area contributed by atoms with E-state index in [2.05, 4.69) is 4.98 Å². The van der Waals surface area contributed by atoms with Crippen molar-refractivity contribution in [3.63, 3.8) is 0 Å². The van der Waals surface area contributed by atoms with Crippen molar-refractivity contribution in [1.82, 2.24) is 4.98 Å². The molecule has 0 unspecified atom stereocenters. The van der Waals surface area contributed by atoms with E-state index in [0.29, 0.717) is 5.89 Å². The maximum Gasteiger partial charge on any atom is 0.233 e. The Balaban J connectivity index is 2.05. The highest BCUT2D eigenvalue weighted by Gasteiger charge is 2.42. The van der Waals surface area contributed by atoms with E-state index >= 15 is 0 Å². The quantitative estimate of drug-likeness (QED) is 0.912. The first kappa shape index (κ1) is 13.2. The second-order valence-corrected chi connectivity index (χ2v) is 5.70. The molecular weight excluding hydrogens is 252 g/mol. The number of hydrogen-bond acceptors (Lipinski definition) is 3. The van der Waals surface area contributed by atoms with Gasteiger partial charge in [-0.15, -0.1) is 0 Å². The summed E-state index contributed by atoms with van der Waals surface area (Å²) in [5.74, 6) is 0.207. The molecule has 4 nitrogen and oxygen atoms in total. The summed E-state index contributed by atoms with van der Waals surface area (Å²) in [6.07, 6.45) is 7.03. The number of rotatable bonds is 2. The lowest BCUT2D eigenvalue weighted by Crippen LogP contribution is -2.42. The summed E-state index contributed by atoms with van der Waals surface area (Å²) in [5, 5.41) is 0. The van der Waals surface area contributed by atoms with E-state index in [9.17, 15) is 4.79 Å². The Hall–Kier alpha value is -1.84. The maximum absolute atomic E-state index is 12.1. The van der Waals surface area contributed by atoms with Crippen molar-refractivity contribution in [1.29, 1.82) is 0 Å². The topological polar surface area (TPSA) is 69.1 Å². The molecule has 0 atom stereocenters. The van der Waals surface area contributed by atoms with Crippen LogP contribution in [0.1, 0.15) is 50.8 Å². The third kappa shape index (κ3) is 2.19. The zero-order valence-electron chi connectivity index (χ0n) is 11.6. The van der Waals surface area contributed by atoms with Crippen molar-refractivity contribution in [2.24, 2.45) is 5.73 Å². The largest absolute Gasteiger partial charge is 0.440 e. The van der Waals surface area contributed by atoms with E-state index < -0.39 is 5.41 Å². The summed E-state index contributed by atoms with van der Waals surface area (Å²) in [6.45, 7) is 0. The van der Waals surface area contributed by atoms with Crippen LogP contribution in [-0.4, -0.2) is 10.9 Å². The molecular formula is C16H20N2O2. The summed E-state index contributed by atoms with van der Waals surface area (Å²) >= 11 is 0. The highest BCUT2D eigenvalue weighted by atomic mass is 16.4. The minimum absolute atomic E-state index is 0.300. The number of amides is 1. The molecule has 0 bridgehead atoms. The van der Waals surface area contributed by atoms with E-state index in [4.69, 9.17) is 10.2 Å². The average molecular weight is 272 g/mol. The second-order valence-electron chi connectivity index (χ2n) is 5.70. The van der Waals surface area contributed by atoms with Gasteiger partial charge in [0.25, 0.3) is 0 Å². The van der Waals surface area contributed by atoms with Gasteiger partial charge in [0.15, 0.2) is 5.58 Å². The molecule has 1 aromatic carbocycles. The van der Waals surface area contributed by atoms with Gasteiger partial charge in [-0.2, -0.15) is 0 Å². The first-order valence-corrected chi connectivity index (χ1v) is 7.38. The minimum atomic E-state index is -0.723. The Kier molecular flexibility index (Phi) is 3.47. The lowest BCUT2D eigenvalue weighted by Gasteiger charge is -2.29. The Morgan fingerprint density at radius 1 is 1.10 bits per heavy atom. The third-order valence-corrected chi connectivity index (χ3v) is 4.38. The summed E-state index contributed by atoms with van der Waals surface area (Å²) < 4.78 is 5.86. The molecule has 1 saturated carbocycles. The number of fused-ring (bicyclic) bond motifs is 1. The molecule has 20 heavy (non-hydrogen) atoms. The van der Waals surface area contributed by atoms with Gasteiger partial charge < -0.3 is 10.2 Å². The molecule has 0 aliphatic heterocycles. The van der Waals surface area contributed by atoms with Gasteiger partial charge in [0.05, 0.1) is 0 Å². The highest BCUT2D eigenvalue weighted by molar-refractivity contribution is 5.86. The van der Waals surface area contributed by atoms with Crippen molar-refractivity contribution in [2.45, 2.75) is 50.4 Å². The summed E-state index contributed by atoms with van der Waals surface area (Å²) in [6, 6.07) is 7.61. The van der Waals surface area contributed by atoms with Gasteiger partial charge >= 0.3 is 0 Å². The van der Waals surface area contributed by atoms with E-state index in [0.717, 1.165) is 49.6 Å². The number of oxazole rings is 1. The Morgan fingerprint density at radius 3 is 2.40 bits per heavy atom. The molecule has 0 radical (unpaired) electrons. The first-order valence-electron chi connectivity index (χ1n) is 7.38. The molecule has 2 aromatic rings. The van der Waals surface area contributed by atoms with Crippen molar-refractivity contribution in [2.75, 3.05) is 0 Å². The van der Waals surface area contributed by atoms with E-state index in [1.54, 1.807) is 0 Å². The number of nitrogens with zero attached hydrogens (tertiary/aromatic N) is 1. The fourth-order valence-corrected chi connectivity index (χ4v) is 3.15. The molecule has 1 fully saturated rings. The predicted molar refractivity (Wildman–Crippen MR) is 77.2 cm³/mol. The van der Waals surface area contributed by atoms with Crippen LogP contribution in [0.3, 0.4) is 0 Å². The Morgan fingerprint density at radius 2 is 1.75 bits per heavy atom. The van der Waals surface area contributed by atoms with Crippen LogP contribution in [0.5, 0.6) is 0 Å². The van der Waals surface area contributed by atoms with Gasteiger partial charge in [-0.1, -0.05) is 44.2 Å². The zero-order valence-corrected chi connectivity index (χ0v) is 11.6. The lowest BCUT2D eigenvalue weighted by atomic mass is 9.75. The molecule has 0 saturated heterocycles. The highest BCUT2D eigenvalue weighted by Crippen LogP contribution is 2.38. The number of aromatic nitrogens is 1. The van der Waals surface area contributed by atoms with Crippen LogP contribution in [0.4, 0.5) is 0 Å². The second kappa shape index (κ2) is 5.27. The molecule has 2 N–H and O–H groups in total. The number of benzene rings is 1. The Labute approximate surface area is 118 Å². The Bertz CT molecular complexity index is 577. The van der Waals surface area contributed by atoms with Crippen molar-refractivity contribution < 1.29 is 9.21 Å². The van der Waals surface area contributed by atoms with Crippen LogP contribution in [0, 0.1) is 0 Å². The fourth-order valence-electron chi connectivity index (χ4n) is 3.15. The normalized spacial score (nSPS) is 19.4. The number of primary amides is 1. The number of carbonyl (C=O) groups is 1. The van der Waals surface area contributed by atoms with Gasteiger partial charge in [-0.25, -0.2) is 4.98 Å². The maximum atomic E-state index is 12.1. The molecule has 1 amide bonds. The molecule has 1 aliphatic rings. The van der Waals surface area contributed by atoms with Crippen molar-refractivity contribution >= 4 is 17.0 Å². The third-order valence-electron chi connectivity index (χ3n) is 4.38. The zero-order chi connectivity index (χ0) is 14.0. The van der Waals surface area contributed by atoms with Crippen molar-refractivity contribution in [3.05, 3.63) is 30.2 Å². The van der Waals surface area contributed by atoms with Crippen LogP contribution in [0.15, 0.2) is 28.7 Å². The number of carbonyl (C=O) groups excluding carboxylic acids is 1. The van der Waals surface area contributed by atoms with E-state index in [1.807, 2.05) is 24.3 Å². The van der Waals surface area contributed by atoms with E-state index in [-0.39, 0.29) is 5.91 Å². The standard InChI is InChI=1S/C16H20N2O2/c17-14(19)16(10-6-2-1-3-7-11-16)15-18-12-8-4-5-9-13(12)20-15/h4-5,8-9H,1-3,6-7,10-11H2,(H2,17,19). The number of para-hydroxylation sites is 2. The molecule has 106 valence electrons. The summed E-state index contributed by atoms with van der Waals surface area (Å²) in [7, 11) is 0. The van der Waals surface area contributed by atoms with Crippen LogP contribution in [0.25, 0.3) is 11.1 Å². The predicted octanol–water partition coefficient (Wildman–Crippen LogP) is 3.30. The SMILES string of the molecule is NC(=O)C1(c2nc3ccccc3o2)CCCCCCC1. The van der Waals surface area contributed by atoms with Crippen LogP contribution in [0.2, 0.25) is 0 Å². The molecule has 4 heteroatoms. The molecule has 1 heterocycles. The molecule has 1 aliphatic carbocycles. The van der Waals surface area contributed by atoms with Crippen molar-refractivity contribution in [3.8, 4) is 0 Å². The molecule has 1 aromatic heterocycles. The smallest absolute Gasteiger partial charge is 0.233 e. The summed E-state index contributed by atoms with van der Waals surface area (Å²) in [4.78, 5) is 16.7. The van der Waals surface area contributed by atoms with Crippen LogP contribution < -0.4 is 5.73 Å². The summed E-state index contributed by atoms with van der Waals surface area (Å²) in [5.41, 5.74) is 6.54. The van der Waals surface area contributed by atoms with Gasteiger partial charge in [0.2, 0.25) is 11.8 Å². The lowest BCUT2D eigenvalue weighted by molar-refractivity contribution is -0.125. The molecule has 0 spiro atoms. The fraction of sp³-hybridized carbons (Fsp3) is 0.500. The number of nitrogens with two attached hydrogens (primary N) is 1. The monoisotopic (exact) mass is 272 g/mol. The van der Waals surface area contributed by atoms with Gasteiger partial charge in [-0.3, -0.25) is 4.79 Å². The van der Waals surface area contributed by atoms with Gasteiger partial charge in [-0.05, 0) is 25.0 Å². The van der Waals surface area contributed by atoms with E-state index in [1.165, 1.54) is 6.42 Å². The minimum Gasteiger partial charge on any atom is -0.440 e. The van der Waals surface area contributed by atoms with Gasteiger partial charge in [0, 0.05) is 0 Å².